The zero-order chi connectivity index (χ0) is 16.3. The average Bonchev–Trinajstić information content (AvgIpc) is 2.86. The SMILES string of the molecule is Cc1cc(=O)cc(C(=O)NC[C@H]2CCN(CC(C)C)C2)n1C. The normalized spacial score (nSPS) is 18.9. The molecule has 1 N–H and O–H groups in total. The number of carbonyl (C=O) groups excluding carboxylic acids is 1. The highest BCUT2D eigenvalue weighted by Crippen LogP contribution is 2.16. The van der Waals surface area contributed by atoms with Gasteiger partial charge in [-0.05, 0) is 31.7 Å². The van der Waals surface area contributed by atoms with Gasteiger partial charge in [-0.2, -0.15) is 0 Å². The van der Waals surface area contributed by atoms with Gasteiger partial charge in [-0.3, -0.25) is 9.59 Å². The van der Waals surface area contributed by atoms with Crippen LogP contribution in [0.5, 0.6) is 0 Å². The molecule has 1 saturated heterocycles. The van der Waals surface area contributed by atoms with Gasteiger partial charge in [-0.15, -0.1) is 0 Å². The van der Waals surface area contributed by atoms with E-state index in [9.17, 15) is 9.59 Å². The molecule has 1 aromatic rings. The monoisotopic (exact) mass is 305 g/mol. The first kappa shape index (κ1) is 16.7. The lowest BCUT2D eigenvalue weighted by Gasteiger charge is -2.18. The zero-order valence-electron chi connectivity index (χ0n) is 14.1. The quantitative estimate of drug-likeness (QED) is 0.895. The first-order valence-corrected chi connectivity index (χ1v) is 8.05. The van der Waals surface area contributed by atoms with Gasteiger partial charge in [0.1, 0.15) is 5.69 Å². The van der Waals surface area contributed by atoms with E-state index in [1.807, 2.05) is 14.0 Å². The number of likely N-dealkylation sites (tertiary alicyclic amines) is 1. The summed E-state index contributed by atoms with van der Waals surface area (Å²) in [5, 5.41) is 2.98. The summed E-state index contributed by atoms with van der Waals surface area (Å²) in [7, 11) is 1.81. The average molecular weight is 305 g/mol. The molecule has 1 aromatic heterocycles. The van der Waals surface area contributed by atoms with Gasteiger partial charge in [0.25, 0.3) is 5.91 Å². The predicted molar refractivity (Wildman–Crippen MR) is 88.1 cm³/mol. The first-order chi connectivity index (χ1) is 10.4. The van der Waals surface area contributed by atoms with E-state index in [0.717, 1.165) is 31.7 Å². The number of aryl methyl sites for hydroxylation is 1. The summed E-state index contributed by atoms with van der Waals surface area (Å²) in [5.74, 6) is 1.02. The summed E-state index contributed by atoms with van der Waals surface area (Å²) in [6.07, 6.45) is 1.12. The minimum atomic E-state index is -0.161. The van der Waals surface area contributed by atoms with Crippen LogP contribution in [-0.2, 0) is 7.05 Å². The molecule has 0 spiro atoms. The number of rotatable bonds is 5. The smallest absolute Gasteiger partial charge is 0.268 e. The summed E-state index contributed by atoms with van der Waals surface area (Å²) in [6.45, 7) is 10.2. The van der Waals surface area contributed by atoms with Crippen LogP contribution in [0, 0.1) is 18.8 Å². The third-order valence-corrected chi connectivity index (χ3v) is 4.30. The van der Waals surface area contributed by atoms with Gasteiger partial charge in [0.05, 0.1) is 0 Å². The zero-order valence-corrected chi connectivity index (χ0v) is 14.1. The highest BCUT2D eigenvalue weighted by Gasteiger charge is 2.23. The Morgan fingerprint density at radius 3 is 2.82 bits per heavy atom. The molecule has 122 valence electrons. The second-order valence-electron chi connectivity index (χ2n) is 6.79. The highest BCUT2D eigenvalue weighted by molar-refractivity contribution is 5.92. The molecular weight excluding hydrogens is 278 g/mol. The van der Waals surface area contributed by atoms with Crippen LogP contribution in [0.25, 0.3) is 0 Å². The summed E-state index contributed by atoms with van der Waals surface area (Å²) in [4.78, 5) is 26.3. The molecule has 0 unspecified atom stereocenters. The molecule has 1 aliphatic rings. The molecule has 0 aliphatic carbocycles. The lowest BCUT2D eigenvalue weighted by atomic mass is 10.1. The second-order valence-corrected chi connectivity index (χ2v) is 6.79. The lowest BCUT2D eigenvalue weighted by molar-refractivity contribution is 0.0937. The fourth-order valence-electron chi connectivity index (χ4n) is 3.07. The number of carbonyl (C=O) groups is 1. The molecule has 2 heterocycles. The van der Waals surface area contributed by atoms with E-state index >= 15 is 0 Å². The fourth-order valence-corrected chi connectivity index (χ4v) is 3.07. The van der Waals surface area contributed by atoms with Crippen LogP contribution in [0.1, 0.15) is 36.5 Å². The largest absolute Gasteiger partial charge is 0.350 e. The number of hydrogen-bond acceptors (Lipinski definition) is 3. The van der Waals surface area contributed by atoms with Crippen LogP contribution in [0.3, 0.4) is 0 Å². The topological polar surface area (TPSA) is 54.3 Å². The predicted octanol–water partition coefficient (Wildman–Crippen LogP) is 1.40. The van der Waals surface area contributed by atoms with Crippen molar-refractivity contribution >= 4 is 5.91 Å². The Kier molecular flexibility index (Phi) is 5.40. The van der Waals surface area contributed by atoms with Crippen molar-refractivity contribution in [1.82, 2.24) is 14.8 Å². The van der Waals surface area contributed by atoms with Gasteiger partial charge in [0, 0.05) is 44.5 Å². The van der Waals surface area contributed by atoms with E-state index < -0.39 is 0 Å². The molecule has 0 saturated carbocycles. The summed E-state index contributed by atoms with van der Waals surface area (Å²) in [6, 6.07) is 2.94. The lowest BCUT2D eigenvalue weighted by Crippen LogP contribution is -2.34. The number of aromatic nitrogens is 1. The Morgan fingerprint density at radius 1 is 1.41 bits per heavy atom. The summed E-state index contributed by atoms with van der Waals surface area (Å²) < 4.78 is 1.76. The molecule has 1 aliphatic heterocycles. The van der Waals surface area contributed by atoms with E-state index in [1.165, 1.54) is 12.1 Å². The Labute approximate surface area is 132 Å². The summed E-state index contributed by atoms with van der Waals surface area (Å²) in [5.41, 5.74) is 1.10. The molecule has 22 heavy (non-hydrogen) atoms. The van der Waals surface area contributed by atoms with Gasteiger partial charge < -0.3 is 14.8 Å². The minimum Gasteiger partial charge on any atom is -0.350 e. The van der Waals surface area contributed by atoms with Crippen molar-refractivity contribution < 1.29 is 4.79 Å². The van der Waals surface area contributed by atoms with Crippen LogP contribution < -0.4 is 10.7 Å². The van der Waals surface area contributed by atoms with Crippen LogP contribution in [-0.4, -0.2) is 41.6 Å². The van der Waals surface area contributed by atoms with Crippen LogP contribution in [0.2, 0.25) is 0 Å². The van der Waals surface area contributed by atoms with Crippen LogP contribution in [0.4, 0.5) is 0 Å². The maximum atomic E-state index is 12.3. The van der Waals surface area contributed by atoms with Crippen LogP contribution >= 0.6 is 0 Å². The van der Waals surface area contributed by atoms with E-state index in [1.54, 1.807) is 4.57 Å². The van der Waals surface area contributed by atoms with Crippen molar-refractivity contribution in [2.24, 2.45) is 18.9 Å². The van der Waals surface area contributed by atoms with E-state index in [0.29, 0.717) is 24.1 Å². The number of pyridine rings is 1. The van der Waals surface area contributed by atoms with Crippen molar-refractivity contribution in [3.8, 4) is 0 Å². The third kappa shape index (κ3) is 4.19. The molecular formula is C17H27N3O2. The minimum absolute atomic E-state index is 0.121. The third-order valence-electron chi connectivity index (χ3n) is 4.30. The van der Waals surface area contributed by atoms with Crippen LogP contribution in [0.15, 0.2) is 16.9 Å². The van der Waals surface area contributed by atoms with Gasteiger partial charge in [-0.1, -0.05) is 13.8 Å². The molecule has 0 bridgehead atoms. The number of amides is 1. The van der Waals surface area contributed by atoms with E-state index in [-0.39, 0.29) is 11.3 Å². The number of nitrogens with one attached hydrogen (secondary N) is 1. The van der Waals surface area contributed by atoms with Gasteiger partial charge >= 0.3 is 0 Å². The van der Waals surface area contributed by atoms with Crippen molar-refractivity contribution in [2.75, 3.05) is 26.2 Å². The van der Waals surface area contributed by atoms with Crippen molar-refractivity contribution in [2.45, 2.75) is 27.2 Å². The molecule has 5 heteroatoms. The van der Waals surface area contributed by atoms with E-state index in [4.69, 9.17) is 0 Å². The van der Waals surface area contributed by atoms with Gasteiger partial charge in [0.2, 0.25) is 0 Å². The maximum absolute atomic E-state index is 12.3. The maximum Gasteiger partial charge on any atom is 0.268 e. The van der Waals surface area contributed by atoms with Crippen molar-refractivity contribution in [3.05, 3.63) is 33.7 Å². The molecule has 2 rings (SSSR count). The molecule has 0 radical (unpaired) electrons. The van der Waals surface area contributed by atoms with Gasteiger partial charge in [-0.25, -0.2) is 0 Å². The summed E-state index contributed by atoms with van der Waals surface area (Å²) >= 11 is 0. The second kappa shape index (κ2) is 7.09. The van der Waals surface area contributed by atoms with Crippen molar-refractivity contribution in [1.29, 1.82) is 0 Å². The molecule has 1 amide bonds. The fraction of sp³-hybridized carbons (Fsp3) is 0.647. The Balaban J connectivity index is 1.90. The Morgan fingerprint density at radius 2 is 2.14 bits per heavy atom. The Hall–Kier alpha value is -1.62. The number of hydrogen-bond donors (Lipinski definition) is 1. The standard InChI is InChI=1S/C17H27N3O2/c1-12(2)10-20-6-5-14(11-20)9-18-17(22)16-8-15(21)7-13(3)19(16)4/h7-8,12,14H,5-6,9-11H2,1-4H3,(H,18,22)/t14-/m1/s1. The molecule has 5 nitrogen and oxygen atoms in total. The van der Waals surface area contributed by atoms with E-state index in [2.05, 4.69) is 24.1 Å². The Bertz CT molecular complexity index is 592. The number of nitrogens with zero attached hydrogens (tertiary/aromatic N) is 2. The van der Waals surface area contributed by atoms with Gasteiger partial charge in [0.15, 0.2) is 5.43 Å². The first-order valence-electron chi connectivity index (χ1n) is 8.05. The molecule has 1 atom stereocenters. The molecule has 1 fully saturated rings. The molecule has 0 aromatic carbocycles. The highest BCUT2D eigenvalue weighted by atomic mass is 16.2. The van der Waals surface area contributed by atoms with Crippen molar-refractivity contribution in [3.63, 3.8) is 0 Å².